The molecule has 0 aliphatic carbocycles. The van der Waals surface area contributed by atoms with Crippen LogP contribution in [0.3, 0.4) is 0 Å². The van der Waals surface area contributed by atoms with Crippen LogP contribution >= 0.6 is 0 Å². The maximum absolute atomic E-state index is 14.1. The topological polar surface area (TPSA) is 114 Å². The minimum Gasteiger partial charge on any atom is -0.497 e. The predicted molar refractivity (Wildman–Crippen MR) is 145 cm³/mol. The van der Waals surface area contributed by atoms with Crippen LogP contribution in [0.4, 0.5) is 9.18 Å². The van der Waals surface area contributed by atoms with E-state index in [-0.39, 0.29) is 24.6 Å². The molecule has 2 aromatic carbocycles. The Bertz CT molecular complexity index is 1540. The van der Waals surface area contributed by atoms with Gasteiger partial charge in [0.15, 0.2) is 11.4 Å². The smallest absolute Gasteiger partial charge is 0.429 e. The van der Waals surface area contributed by atoms with Gasteiger partial charge in [0.25, 0.3) is 5.91 Å². The third-order valence-corrected chi connectivity index (χ3v) is 6.66. The molecule has 3 amide bonds. The number of ether oxygens (including phenoxy) is 1. The van der Waals surface area contributed by atoms with Gasteiger partial charge in [0, 0.05) is 23.4 Å². The summed E-state index contributed by atoms with van der Waals surface area (Å²) >= 11 is 0. The molecule has 9 nitrogen and oxygen atoms in total. The van der Waals surface area contributed by atoms with E-state index in [4.69, 9.17) is 9.57 Å². The Morgan fingerprint density at radius 1 is 1.12 bits per heavy atom. The Kier molecular flexibility index (Phi) is 8.36. The molecule has 4 rings (SSSR count). The molecule has 0 spiro atoms. The van der Waals surface area contributed by atoms with E-state index in [1.165, 1.54) is 18.3 Å². The minimum absolute atomic E-state index is 0.0104. The van der Waals surface area contributed by atoms with Gasteiger partial charge < -0.3 is 9.57 Å². The summed E-state index contributed by atoms with van der Waals surface area (Å²) in [7, 11) is 1.58. The molecule has 1 aromatic heterocycles. The Hall–Kier alpha value is -4.88. The normalized spacial score (nSPS) is 17.2. The number of hydrogen-bond acceptors (Lipinski definition) is 7. The number of aryl methyl sites for hydroxylation is 1. The van der Waals surface area contributed by atoms with E-state index in [9.17, 15) is 19.2 Å². The van der Waals surface area contributed by atoms with E-state index in [2.05, 4.69) is 21.5 Å². The molecular weight excluding hydrogens is 513 g/mol. The zero-order valence-corrected chi connectivity index (χ0v) is 22.6. The predicted octanol–water partition coefficient (Wildman–Crippen LogP) is 4.89. The first-order valence-electron chi connectivity index (χ1n) is 12.6. The van der Waals surface area contributed by atoms with Crippen LogP contribution in [-0.4, -0.2) is 40.3 Å². The molecular formula is C30H29FN5O4+. The number of nitriles is 1. The SMILES string of the molecule is COc1ccc(CON=C(C2=CC(=O)NC(=O)[N+]2(Cc2ccnc(F)c2)C(C)C)c2cc(C)cc(C#N)c2)cc1. The Balaban J connectivity index is 1.87. The highest BCUT2D eigenvalue weighted by molar-refractivity contribution is 6.17. The second-order valence-electron chi connectivity index (χ2n) is 9.69. The van der Waals surface area contributed by atoms with Crippen LogP contribution in [0, 0.1) is 24.2 Å². The number of pyridine rings is 1. The van der Waals surface area contributed by atoms with Crippen molar-refractivity contribution in [1.82, 2.24) is 10.3 Å². The van der Waals surface area contributed by atoms with Crippen molar-refractivity contribution < 1.29 is 28.0 Å². The summed E-state index contributed by atoms with van der Waals surface area (Å²) in [5.41, 5.74) is 3.42. The fraction of sp³-hybridized carbons (Fsp3) is 0.233. The molecule has 0 bridgehead atoms. The highest BCUT2D eigenvalue weighted by atomic mass is 19.1. The van der Waals surface area contributed by atoms with Gasteiger partial charge in [-0.1, -0.05) is 17.3 Å². The molecule has 1 atom stereocenters. The number of methoxy groups -OCH3 is 1. The monoisotopic (exact) mass is 542 g/mol. The number of oxime groups is 1. The number of carbonyl (C=O) groups excluding carboxylic acids is 2. The second kappa shape index (κ2) is 11.9. The number of aromatic nitrogens is 1. The molecule has 0 fully saturated rings. The number of hydrogen-bond donors (Lipinski definition) is 1. The molecule has 10 heteroatoms. The number of halogens is 1. The molecule has 1 aliphatic heterocycles. The summed E-state index contributed by atoms with van der Waals surface area (Å²) in [6.45, 7) is 5.59. The lowest BCUT2D eigenvalue weighted by Gasteiger charge is -2.41. The van der Waals surface area contributed by atoms with E-state index in [1.54, 1.807) is 43.5 Å². The number of amides is 3. The summed E-state index contributed by atoms with van der Waals surface area (Å²) in [5, 5.41) is 16.5. The van der Waals surface area contributed by atoms with Gasteiger partial charge in [0.05, 0.1) is 30.9 Å². The van der Waals surface area contributed by atoms with Gasteiger partial charge in [0.1, 0.15) is 18.9 Å². The molecule has 0 saturated heterocycles. The van der Waals surface area contributed by atoms with Gasteiger partial charge in [-0.2, -0.15) is 9.65 Å². The van der Waals surface area contributed by atoms with E-state index in [0.29, 0.717) is 22.4 Å². The molecule has 204 valence electrons. The quantitative estimate of drug-likeness (QED) is 0.178. The van der Waals surface area contributed by atoms with Crippen molar-refractivity contribution in [2.45, 2.75) is 40.0 Å². The first-order chi connectivity index (χ1) is 19.2. The fourth-order valence-electron chi connectivity index (χ4n) is 4.65. The van der Waals surface area contributed by atoms with Crippen LogP contribution < -0.4 is 10.1 Å². The Labute approximate surface area is 231 Å². The number of rotatable bonds is 9. The first-order valence-corrected chi connectivity index (χ1v) is 12.6. The van der Waals surface area contributed by atoms with Crippen molar-refractivity contribution in [3.8, 4) is 11.8 Å². The summed E-state index contributed by atoms with van der Waals surface area (Å²) in [6, 6.07) is 16.4. The van der Waals surface area contributed by atoms with Gasteiger partial charge in [-0.25, -0.2) is 19.6 Å². The van der Waals surface area contributed by atoms with Crippen molar-refractivity contribution in [3.05, 3.63) is 106 Å². The average Bonchev–Trinajstić information content (AvgIpc) is 2.92. The van der Waals surface area contributed by atoms with Crippen molar-refractivity contribution in [3.63, 3.8) is 0 Å². The third-order valence-electron chi connectivity index (χ3n) is 6.66. The Morgan fingerprint density at radius 3 is 2.52 bits per heavy atom. The van der Waals surface area contributed by atoms with Crippen LogP contribution in [0.2, 0.25) is 0 Å². The maximum atomic E-state index is 14.1. The Morgan fingerprint density at radius 2 is 1.88 bits per heavy atom. The van der Waals surface area contributed by atoms with Gasteiger partial charge in [-0.15, -0.1) is 0 Å². The number of allylic oxidation sites excluding steroid dienone is 1. The molecule has 0 radical (unpaired) electrons. The molecule has 1 N–H and O–H groups in total. The third kappa shape index (κ3) is 5.90. The zero-order chi connectivity index (χ0) is 28.9. The van der Waals surface area contributed by atoms with Crippen LogP contribution in [0.5, 0.6) is 5.75 Å². The summed E-state index contributed by atoms with van der Waals surface area (Å²) < 4.78 is 18.9. The number of urea groups is 1. The van der Waals surface area contributed by atoms with Crippen LogP contribution in [0.1, 0.15) is 41.7 Å². The van der Waals surface area contributed by atoms with Crippen LogP contribution in [0.15, 0.2) is 77.7 Å². The number of imide groups is 1. The highest BCUT2D eigenvalue weighted by Gasteiger charge is 2.50. The largest absolute Gasteiger partial charge is 0.497 e. The lowest BCUT2D eigenvalue weighted by molar-refractivity contribution is -0.843. The number of nitrogens with zero attached hydrogens (tertiary/aromatic N) is 4. The van der Waals surface area contributed by atoms with Crippen molar-refractivity contribution in [2.75, 3.05) is 7.11 Å². The lowest BCUT2D eigenvalue weighted by atomic mass is 9.97. The van der Waals surface area contributed by atoms with Crippen LogP contribution in [0.25, 0.3) is 0 Å². The molecule has 1 unspecified atom stereocenters. The average molecular weight is 543 g/mol. The van der Waals surface area contributed by atoms with Crippen molar-refractivity contribution in [2.24, 2.45) is 5.16 Å². The van der Waals surface area contributed by atoms with E-state index in [0.717, 1.165) is 11.1 Å². The molecule has 1 aliphatic rings. The maximum Gasteiger partial charge on any atom is 0.429 e. The van der Waals surface area contributed by atoms with E-state index >= 15 is 0 Å². The number of carbonyl (C=O) groups is 2. The first kappa shape index (κ1) is 28.1. The highest BCUT2D eigenvalue weighted by Crippen LogP contribution is 2.33. The second-order valence-corrected chi connectivity index (χ2v) is 9.69. The molecule has 40 heavy (non-hydrogen) atoms. The molecule has 0 saturated carbocycles. The summed E-state index contributed by atoms with van der Waals surface area (Å²) in [6.07, 6.45) is 2.63. The number of nitrogens with one attached hydrogen (secondary N) is 1. The standard InChI is InChI=1S/C30H28FN5O4/c1-19(2)36(17-22-9-10-33-27(31)14-22)26(15-28(37)34-30(36)38)29(24-12-20(3)11-23(13-24)16-32)35-40-18-21-5-7-25(39-4)8-6-21/h5-15,19H,17-18H2,1-4H3/p+1. The molecule has 3 aromatic rings. The van der Waals surface area contributed by atoms with Crippen molar-refractivity contribution in [1.29, 1.82) is 5.26 Å². The van der Waals surface area contributed by atoms with Crippen LogP contribution in [-0.2, 0) is 22.8 Å². The zero-order valence-electron chi connectivity index (χ0n) is 22.6. The molecule has 2 heterocycles. The number of benzene rings is 2. The van der Waals surface area contributed by atoms with Crippen molar-refractivity contribution >= 4 is 17.6 Å². The minimum atomic E-state index is -0.688. The van der Waals surface area contributed by atoms with Gasteiger partial charge in [-0.05, 0) is 68.3 Å². The van der Waals surface area contributed by atoms with Gasteiger partial charge in [0.2, 0.25) is 5.95 Å². The summed E-state index contributed by atoms with van der Waals surface area (Å²) in [5.74, 6) is -0.612. The van der Waals surface area contributed by atoms with Gasteiger partial charge in [-0.3, -0.25) is 4.79 Å². The van der Waals surface area contributed by atoms with E-state index in [1.807, 2.05) is 32.9 Å². The van der Waals surface area contributed by atoms with Gasteiger partial charge >= 0.3 is 6.03 Å². The number of quaternary nitrogens is 1. The lowest BCUT2D eigenvalue weighted by Crippen LogP contribution is -2.64. The summed E-state index contributed by atoms with van der Waals surface area (Å²) in [4.78, 5) is 35.8. The fourth-order valence-corrected chi connectivity index (χ4v) is 4.65. The van der Waals surface area contributed by atoms with E-state index < -0.39 is 28.4 Å².